The van der Waals surface area contributed by atoms with Gasteiger partial charge in [0.1, 0.15) is 0 Å². The minimum Gasteiger partial charge on any atom is -0.311 e. The highest BCUT2D eigenvalue weighted by Crippen LogP contribution is 2.43. The Hall–Kier alpha value is -0.0800. The van der Waals surface area contributed by atoms with E-state index in [0.717, 1.165) is 35.9 Å². The van der Waals surface area contributed by atoms with Crippen LogP contribution >= 0.6 is 0 Å². The molecule has 0 aromatic carbocycles. The summed E-state index contributed by atoms with van der Waals surface area (Å²) in [4.78, 5) is 2.87. The highest BCUT2D eigenvalue weighted by atomic mass is 15.3. The molecule has 17 heavy (non-hydrogen) atoms. The van der Waals surface area contributed by atoms with Gasteiger partial charge in [0.05, 0.1) is 0 Å². The summed E-state index contributed by atoms with van der Waals surface area (Å²) >= 11 is 0. The second-order valence-electron chi connectivity index (χ2n) is 6.83. The van der Waals surface area contributed by atoms with Gasteiger partial charge in [-0.05, 0) is 37.0 Å². The third-order valence-electron chi connectivity index (χ3n) is 5.22. The summed E-state index contributed by atoms with van der Waals surface area (Å²) < 4.78 is 0. The predicted octanol–water partition coefficient (Wildman–Crippen LogP) is 2.49. The van der Waals surface area contributed by atoms with E-state index in [1.54, 1.807) is 0 Å². The van der Waals surface area contributed by atoms with Crippen LogP contribution in [-0.2, 0) is 0 Å². The molecule has 1 aliphatic heterocycles. The molecule has 2 heteroatoms. The molecule has 0 radical (unpaired) electrons. The van der Waals surface area contributed by atoms with Crippen LogP contribution in [0.3, 0.4) is 0 Å². The van der Waals surface area contributed by atoms with Crippen molar-refractivity contribution in [2.24, 2.45) is 17.8 Å². The van der Waals surface area contributed by atoms with E-state index in [2.05, 4.69) is 31.0 Å². The van der Waals surface area contributed by atoms with Crippen LogP contribution in [0.4, 0.5) is 0 Å². The zero-order valence-electron chi connectivity index (χ0n) is 11.7. The van der Waals surface area contributed by atoms with Crippen LogP contribution < -0.4 is 5.32 Å². The number of piperazine rings is 1. The molecule has 3 rings (SSSR count). The van der Waals surface area contributed by atoms with Crippen LogP contribution in [0.25, 0.3) is 0 Å². The minimum absolute atomic E-state index is 0.784. The Kier molecular flexibility index (Phi) is 3.20. The number of rotatable bonds is 4. The maximum Gasteiger partial charge on any atom is 0.0247 e. The van der Waals surface area contributed by atoms with Gasteiger partial charge in [-0.2, -0.15) is 0 Å². The third-order valence-corrected chi connectivity index (χ3v) is 5.22. The van der Waals surface area contributed by atoms with Gasteiger partial charge in [0.2, 0.25) is 0 Å². The van der Waals surface area contributed by atoms with E-state index in [4.69, 9.17) is 0 Å². The van der Waals surface area contributed by atoms with E-state index < -0.39 is 0 Å². The fraction of sp³-hybridized carbons (Fsp3) is 1.00. The van der Waals surface area contributed by atoms with Crippen molar-refractivity contribution in [2.75, 3.05) is 13.1 Å². The standard InChI is InChI=1S/C15H28N2/c1-4-11-7-14(11)17-9-13(12-5-6-12)16-8-15(17)10(2)3/h10-16H,4-9H2,1-3H3. The predicted molar refractivity (Wildman–Crippen MR) is 72.0 cm³/mol. The Bertz CT molecular complexity index is 272. The summed E-state index contributed by atoms with van der Waals surface area (Å²) in [5.41, 5.74) is 0. The average Bonchev–Trinajstić information content (AvgIpc) is 3.19. The highest BCUT2D eigenvalue weighted by molar-refractivity contribution is 5.03. The van der Waals surface area contributed by atoms with Gasteiger partial charge in [-0.15, -0.1) is 0 Å². The van der Waals surface area contributed by atoms with Crippen molar-refractivity contribution in [3.05, 3.63) is 0 Å². The van der Waals surface area contributed by atoms with Crippen LogP contribution in [0, 0.1) is 17.8 Å². The topological polar surface area (TPSA) is 15.3 Å². The van der Waals surface area contributed by atoms with Gasteiger partial charge in [0.25, 0.3) is 0 Å². The maximum atomic E-state index is 3.82. The lowest BCUT2D eigenvalue weighted by molar-refractivity contribution is 0.0794. The molecule has 4 atom stereocenters. The zero-order valence-corrected chi connectivity index (χ0v) is 11.7. The van der Waals surface area contributed by atoms with Gasteiger partial charge in [-0.25, -0.2) is 0 Å². The zero-order chi connectivity index (χ0) is 12.0. The van der Waals surface area contributed by atoms with Gasteiger partial charge >= 0.3 is 0 Å². The molecule has 0 aromatic rings. The van der Waals surface area contributed by atoms with Gasteiger partial charge in [-0.1, -0.05) is 27.2 Å². The van der Waals surface area contributed by atoms with Crippen molar-refractivity contribution in [1.82, 2.24) is 10.2 Å². The Morgan fingerprint density at radius 1 is 1.29 bits per heavy atom. The molecule has 98 valence electrons. The van der Waals surface area contributed by atoms with Crippen molar-refractivity contribution >= 4 is 0 Å². The number of nitrogens with zero attached hydrogens (tertiary/aromatic N) is 1. The Balaban J connectivity index is 1.65. The van der Waals surface area contributed by atoms with Crippen LogP contribution in [0.15, 0.2) is 0 Å². The first-order chi connectivity index (χ1) is 8.20. The quantitative estimate of drug-likeness (QED) is 0.807. The van der Waals surface area contributed by atoms with E-state index in [1.165, 1.54) is 38.8 Å². The molecule has 2 saturated carbocycles. The molecular weight excluding hydrogens is 208 g/mol. The van der Waals surface area contributed by atoms with E-state index in [9.17, 15) is 0 Å². The molecule has 2 aliphatic carbocycles. The summed E-state index contributed by atoms with van der Waals surface area (Å²) in [5, 5.41) is 3.82. The van der Waals surface area contributed by atoms with Crippen LogP contribution in [0.5, 0.6) is 0 Å². The monoisotopic (exact) mass is 236 g/mol. The molecule has 1 heterocycles. The van der Waals surface area contributed by atoms with E-state index in [-0.39, 0.29) is 0 Å². The van der Waals surface area contributed by atoms with Crippen LogP contribution in [0.1, 0.15) is 46.5 Å². The molecule has 0 aromatic heterocycles. The lowest BCUT2D eigenvalue weighted by Crippen LogP contribution is -2.59. The Morgan fingerprint density at radius 3 is 2.59 bits per heavy atom. The summed E-state index contributed by atoms with van der Waals surface area (Å²) in [6.45, 7) is 9.69. The fourth-order valence-corrected chi connectivity index (χ4v) is 3.71. The average molecular weight is 236 g/mol. The van der Waals surface area contributed by atoms with Gasteiger partial charge in [-0.3, -0.25) is 4.90 Å². The van der Waals surface area contributed by atoms with Crippen LogP contribution in [-0.4, -0.2) is 36.1 Å². The summed E-state index contributed by atoms with van der Waals surface area (Å²) in [6.07, 6.45) is 5.80. The normalized spacial score (nSPS) is 43.1. The smallest absolute Gasteiger partial charge is 0.0247 e. The van der Waals surface area contributed by atoms with E-state index >= 15 is 0 Å². The lowest BCUT2D eigenvalue weighted by atomic mass is 9.96. The summed E-state index contributed by atoms with van der Waals surface area (Å²) in [7, 11) is 0. The maximum absolute atomic E-state index is 3.82. The lowest BCUT2D eigenvalue weighted by Gasteiger charge is -2.43. The molecule has 0 bridgehead atoms. The first kappa shape index (κ1) is 12.0. The largest absolute Gasteiger partial charge is 0.311 e. The molecule has 3 fully saturated rings. The Labute approximate surface area is 106 Å². The van der Waals surface area contributed by atoms with Gasteiger partial charge in [0.15, 0.2) is 0 Å². The second kappa shape index (κ2) is 4.55. The van der Waals surface area contributed by atoms with Crippen molar-refractivity contribution in [3.8, 4) is 0 Å². The molecular formula is C15H28N2. The van der Waals surface area contributed by atoms with Crippen LogP contribution in [0.2, 0.25) is 0 Å². The molecule has 4 unspecified atom stereocenters. The Morgan fingerprint density at radius 2 is 2.06 bits per heavy atom. The molecule has 0 amide bonds. The minimum atomic E-state index is 0.784. The fourth-order valence-electron chi connectivity index (χ4n) is 3.71. The highest BCUT2D eigenvalue weighted by Gasteiger charge is 2.47. The van der Waals surface area contributed by atoms with E-state index in [1.807, 2.05) is 0 Å². The molecule has 1 saturated heterocycles. The summed E-state index contributed by atoms with van der Waals surface area (Å²) in [5.74, 6) is 2.81. The summed E-state index contributed by atoms with van der Waals surface area (Å²) in [6, 6.07) is 2.52. The number of hydrogen-bond acceptors (Lipinski definition) is 2. The van der Waals surface area contributed by atoms with E-state index in [0.29, 0.717) is 0 Å². The molecule has 1 N–H and O–H groups in total. The SMILES string of the molecule is CCC1CC1N1CC(C2CC2)NCC1C(C)C. The first-order valence-corrected chi connectivity index (χ1v) is 7.69. The second-order valence-corrected chi connectivity index (χ2v) is 6.83. The molecule has 3 aliphatic rings. The van der Waals surface area contributed by atoms with Gasteiger partial charge < -0.3 is 5.32 Å². The number of nitrogens with one attached hydrogen (secondary N) is 1. The molecule has 2 nitrogen and oxygen atoms in total. The van der Waals surface area contributed by atoms with Crippen molar-refractivity contribution in [3.63, 3.8) is 0 Å². The molecule has 0 spiro atoms. The van der Waals surface area contributed by atoms with Crippen molar-refractivity contribution in [2.45, 2.75) is 64.6 Å². The third kappa shape index (κ3) is 2.39. The van der Waals surface area contributed by atoms with Crippen molar-refractivity contribution in [1.29, 1.82) is 0 Å². The number of hydrogen-bond donors (Lipinski definition) is 1. The van der Waals surface area contributed by atoms with Gasteiger partial charge in [0, 0.05) is 31.2 Å². The van der Waals surface area contributed by atoms with Crippen molar-refractivity contribution < 1.29 is 0 Å². The first-order valence-electron chi connectivity index (χ1n) is 7.69.